The van der Waals surface area contributed by atoms with Crippen LogP contribution >= 0.6 is 0 Å². The van der Waals surface area contributed by atoms with E-state index in [2.05, 4.69) is 15.4 Å². The number of methoxy groups -OCH3 is 1. The van der Waals surface area contributed by atoms with Gasteiger partial charge in [-0.05, 0) is 45.1 Å². The van der Waals surface area contributed by atoms with Crippen molar-refractivity contribution < 1.29 is 29.0 Å². The van der Waals surface area contributed by atoms with E-state index in [1.54, 1.807) is 20.8 Å². The molecule has 8 nitrogen and oxygen atoms in total. The normalized spacial score (nSPS) is 16.7. The van der Waals surface area contributed by atoms with E-state index >= 15 is 0 Å². The number of aliphatic hydroxyl groups is 1. The number of esters is 1. The predicted octanol–water partition coefficient (Wildman–Crippen LogP) is 1.94. The van der Waals surface area contributed by atoms with Crippen LogP contribution in [0.4, 0.5) is 4.79 Å². The van der Waals surface area contributed by atoms with Gasteiger partial charge in [0.25, 0.3) is 0 Å². The molecular formula is C22H32N2O6. The molecule has 1 fully saturated rings. The van der Waals surface area contributed by atoms with Gasteiger partial charge >= 0.3 is 12.1 Å². The third-order valence-electron chi connectivity index (χ3n) is 4.72. The summed E-state index contributed by atoms with van der Waals surface area (Å²) in [6, 6.07) is 7.46. The highest BCUT2D eigenvalue weighted by atomic mass is 16.6. The first-order chi connectivity index (χ1) is 14.1. The first-order valence-electron chi connectivity index (χ1n) is 10.2. The van der Waals surface area contributed by atoms with Gasteiger partial charge < -0.3 is 25.2 Å². The van der Waals surface area contributed by atoms with Crippen molar-refractivity contribution in [2.75, 3.05) is 7.11 Å². The van der Waals surface area contributed by atoms with Crippen molar-refractivity contribution in [2.24, 2.45) is 5.92 Å². The average molecular weight is 421 g/mol. The van der Waals surface area contributed by atoms with Crippen LogP contribution in [-0.4, -0.2) is 54.0 Å². The Morgan fingerprint density at radius 2 is 1.77 bits per heavy atom. The van der Waals surface area contributed by atoms with Gasteiger partial charge in [-0.25, -0.2) is 9.59 Å². The van der Waals surface area contributed by atoms with E-state index < -0.39 is 41.8 Å². The van der Waals surface area contributed by atoms with Crippen molar-refractivity contribution in [1.82, 2.24) is 10.6 Å². The monoisotopic (exact) mass is 420 g/mol. The number of benzene rings is 1. The van der Waals surface area contributed by atoms with Crippen molar-refractivity contribution >= 4 is 18.0 Å². The number of ether oxygens (including phenoxy) is 2. The molecule has 8 heteroatoms. The third-order valence-corrected chi connectivity index (χ3v) is 4.72. The van der Waals surface area contributed by atoms with E-state index in [-0.39, 0.29) is 6.42 Å². The zero-order valence-electron chi connectivity index (χ0n) is 18.0. The fraction of sp³-hybridized carbons (Fsp3) is 0.591. The third kappa shape index (κ3) is 8.02. The van der Waals surface area contributed by atoms with Crippen LogP contribution in [0.2, 0.25) is 0 Å². The van der Waals surface area contributed by atoms with E-state index in [1.165, 1.54) is 7.11 Å². The molecule has 166 valence electrons. The first kappa shape index (κ1) is 23.7. The molecule has 2 rings (SSSR count). The average Bonchev–Trinajstić information content (AvgIpc) is 3.49. The van der Waals surface area contributed by atoms with Gasteiger partial charge in [-0.3, -0.25) is 4.79 Å². The number of carbonyl (C=O) groups is 3. The summed E-state index contributed by atoms with van der Waals surface area (Å²) in [5, 5.41) is 15.7. The summed E-state index contributed by atoms with van der Waals surface area (Å²) in [4.78, 5) is 37.1. The number of rotatable bonds is 9. The van der Waals surface area contributed by atoms with Gasteiger partial charge in [-0.15, -0.1) is 0 Å². The SMILES string of the molecule is COC(=O)C(O)C(Cc1ccccc1)NC(=O)C(CC1CC1)NC(=O)OC(C)(C)C. The summed E-state index contributed by atoms with van der Waals surface area (Å²) in [6.45, 7) is 5.22. The highest BCUT2D eigenvalue weighted by molar-refractivity contribution is 5.87. The number of amides is 2. The van der Waals surface area contributed by atoms with Crippen molar-refractivity contribution in [3.8, 4) is 0 Å². The Morgan fingerprint density at radius 3 is 2.30 bits per heavy atom. The Balaban J connectivity index is 2.11. The van der Waals surface area contributed by atoms with Crippen molar-refractivity contribution in [3.05, 3.63) is 35.9 Å². The van der Waals surface area contributed by atoms with Crippen molar-refractivity contribution in [1.29, 1.82) is 0 Å². The number of hydrogen-bond acceptors (Lipinski definition) is 6. The topological polar surface area (TPSA) is 114 Å². The molecule has 0 bridgehead atoms. The van der Waals surface area contributed by atoms with E-state index in [0.717, 1.165) is 18.4 Å². The Bertz CT molecular complexity index is 727. The minimum absolute atomic E-state index is 0.228. The predicted molar refractivity (Wildman–Crippen MR) is 111 cm³/mol. The highest BCUT2D eigenvalue weighted by Gasteiger charge is 2.35. The lowest BCUT2D eigenvalue weighted by atomic mass is 10.00. The van der Waals surface area contributed by atoms with Gasteiger partial charge in [0.1, 0.15) is 11.6 Å². The maximum atomic E-state index is 13.0. The molecule has 2 amide bonds. The van der Waals surface area contributed by atoms with E-state index in [9.17, 15) is 19.5 Å². The van der Waals surface area contributed by atoms with Crippen molar-refractivity contribution in [3.63, 3.8) is 0 Å². The second-order valence-corrected chi connectivity index (χ2v) is 8.65. The molecule has 30 heavy (non-hydrogen) atoms. The van der Waals surface area contributed by atoms with Gasteiger partial charge in [0, 0.05) is 0 Å². The van der Waals surface area contributed by atoms with Crippen LogP contribution < -0.4 is 10.6 Å². The zero-order chi connectivity index (χ0) is 22.3. The molecular weight excluding hydrogens is 388 g/mol. The number of nitrogens with one attached hydrogen (secondary N) is 2. The molecule has 1 aromatic rings. The number of carbonyl (C=O) groups excluding carboxylic acids is 3. The summed E-state index contributed by atoms with van der Waals surface area (Å²) in [5.74, 6) is -0.958. The molecule has 0 aliphatic heterocycles. The van der Waals surface area contributed by atoms with E-state index in [4.69, 9.17) is 4.74 Å². The van der Waals surface area contributed by atoms with Crippen LogP contribution in [0.25, 0.3) is 0 Å². The second kappa shape index (κ2) is 10.4. The highest BCUT2D eigenvalue weighted by Crippen LogP contribution is 2.33. The standard InChI is InChI=1S/C22H32N2O6/c1-22(2,3)30-21(28)24-17(13-15-10-11-15)19(26)23-16(18(25)20(27)29-4)12-14-8-6-5-7-9-14/h5-9,15-18,25H,10-13H2,1-4H3,(H,23,26)(H,24,28). The Labute approximate surface area is 177 Å². The summed E-state index contributed by atoms with van der Waals surface area (Å²) >= 11 is 0. The largest absolute Gasteiger partial charge is 0.467 e. The van der Waals surface area contributed by atoms with Gasteiger partial charge in [-0.2, -0.15) is 0 Å². The zero-order valence-corrected chi connectivity index (χ0v) is 18.0. The molecule has 3 atom stereocenters. The molecule has 0 aromatic heterocycles. The lowest BCUT2D eigenvalue weighted by Crippen LogP contribution is -2.55. The molecule has 0 saturated heterocycles. The molecule has 0 heterocycles. The van der Waals surface area contributed by atoms with Crippen LogP contribution in [-0.2, 0) is 25.5 Å². The molecule has 0 radical (unpaired) electrons. The smallest absolute Gasteiger partial charge is 0.408 e. The Kier molecular flexibility index (Phi) is 8.23. The van der Waals surface area contributed by atoms with Crippen molar-refractivity contribution in [2.45, 2.75) is 70.2 Å². The summed E-state index contributed by atoms with van der Waals surface area (Å²) in [5.41, 5.74) is 0.145. The molecule has 1 aliphatic carbocycles. The number of aliphatic hydroxyl groups excluding tert-OH is 1. The van der Waals surface area contributed by atoms with Crippen LogP contribution in [0.5, 0.6) is 0 Å². The van der Waals surface area contributed by atoms with Crippen LogP contribution in [0.3, 0.4) is 0 Å². The molecule has 0 spiro atoms. The molecule has 1 aromatic carbocycles. The van der Waals surface area contributed by atoms with Crippen LogP contribution in [0.15, 0.2) is 30.3 Å². The molecule has 1 saturated carbocycles. The van der Waals surface area contributed by atoms with E-state index in [0.29, 0.717) is 12.3 Å². The second-order valence-electron chi connectivity index (χ2n) is 8.65. The van der Waals surface area contributed by atoms with Gasteiger partial charge in [0.15, 0.2) is 6.10 Å². The number of alkyl carbamates (subject to hydrolysis) is 1. The molecule has 3 unspecified atom stereocenters. The lowest BCUT2D eigenvalue weighted by molar-refractivity contribution is -0.152. The van der Waals surface area contributed by atoms with Crippen LogP contribution in [0, 0.1) is 5.92 Å². The Hall–Kier alpha value is -2.61. The summed E-state index contributed by atoms with van der Waals surface area (Å²) in [6.07, 6.45) is 0.470. The molecule has 1 aliphatic rings. The van der Waals surface area contributed by atoms with Gasteiger partial charge in [-0.1, -0.05) is 43.2 Å². The maximum absolute atomic E-state index is 13.0. The minimum Gasteiger partial charge on any atom is -0.467 e. The summed E-state index contributed by atoms with van der Waals surface area (Å²) < 4.78 is 9.91. The lowest BCUT2D eigenvalue weighted by Gasteiger charge is -2.27. The minimum atomic E-state index is -1.54. The fourth-order valence-electron chi connectivity index (χ4n) is 3.05. The maximum Gasteiger partial charge on any atom is 0.408 e. The Morgan fingerprint density at radius 1 is 1.13 bits per heavy atom. The first-order valence-corrected chi connectivity index (χ1v) is 10.2. The van der Waals surface area contributed by atoms with Gasteiger partial charge in [0.2, 0.25) is 5.91 Å². The van der Waals surface area contributed by atoms with E-state index in [1.807, 2.05) is 30.3 Å². The number of hydrogen-bond donors (Lipinski definition) is 3. The molecule has 3 N–H and O–H groups in total. The summed E-state index contributed by atoms with van der Waals surface area (Å²) in [7, 11) is 1.17. The van der Waals surface area contributed by atoms with Crippen LogP contribution in [0.1, 0.15) is 45.6 Å². The fourth-order valence-corrected chi connectivity index (χ4v) is 3.05. The quantitative estimate of drug-likeness (QED) is 0.526. The van der Waals surface area contributed by atoms with Gasteiger partial charge in [0.05, 0.1) is 13.2 Å².